The standard InChI is InChI=1S/C30H33ClF2N6O2/c31-23-9-20(40)8-21(24(23)16-2-3-16)26-25(33)27-22(12-35-26)28(39-14-18-4-5-19(39)11-34-18)37-29(36-27)41-15-30-6-1-7-38(30)13-17(32)10-30/h8-9,12,16-19,34,40H,1-7,10-11,13-15H2/t17-,18?,19?,30+/m1/s1/i7D2,17D. The third-order valence-corrected chi connectivity index (χ3v) is 9.72. The van der Waals surface area contributed by atoms with E-state index in [9.17, 15) is 9.50 Å². The van der Waals surface area contributed by atoms with Crippen LogP contribution in [-0.2, 0) is 0 Å². The van der Waals surface area contributed by atoms with E-state index in [2.05, 4.69) is 20.2 Å². The Kier molecular flexibility index (Phi) is 5.33. The predicted molar refractivity (Wildman–Crippen MR) is 152 cm³/mol. The van der Waals surface area contributed by atoms with Gasteiger partial charge in [-0.25, -0.2) is 8.78 Å². The summed E-state index contributed by atoms with van der Waals surface area (Å²) < 4.78 is 62.6. The largest absolute Gasteiger partial charge is 0.508 e. The maximum absolute atomic E-state index is 16.7. The molecule has 41 heavy (non-hydrogen) atoms. The highest BCUT2D eigenvalue weighted by Gasteiger charge is 2.49. The maximum Gasteiger partial charge on any atom is 0.319 e. The quantitative estimate of drug-likeness (QED) is 0.420. The number of aromatic nitrogens is 3. The van der Waals surface area contributed by atoms with E-state index in [1.54, 1.807) is 6.20 Å². The van der Waals surface area contributed by atoms with Gasteiger partial charge in [0.05, 0.1) is 12.3 Å². The van der Waals surface area contributed by atoms with Gasteiger partial charge in [0.1, 0.15) is 35.5 Å². The summed E-state index contributed by atoms with van der Waals surface area (Å²) in [5.74, 6) is -0.118. The summed E-state index contributed by atoms with van der Waals surface area (Å²) in [4.78, 5) is 17.4. The van der Waals surface area contributed by atoms with Gasteiger partial charge in [0.15, 0.2) is 5.82 Å². The lowest BCUT2D eigenvalue weighted by Crippen LogP contribution is -2.61. The van der Waals surface area contributed by atoms with Crippen LogP contribution in [0.4, 0.5) is 14.6 Å². The predicted octanol–water partition coefficient (Wildman–Crippen LogP) is 4.96. The van der Waals surface area contributed by atoms with Crippen molar-refractivity contribution in [2.45, 2.75) is 74.6 Å². The zero-order valence-corrected chi connectivity index (χ0v) is 23.2. The molecule has 1 saturated carbocycles. The molecule has 3 aromatic rings. The second-order valence-electron chi connectivity index (χ2n) is 12.1. The molecule has 8 nitrogen and oxygen atoms in total. The number of ether oxygens (including phenoxy) is 1. The van der Waals surface area contributed by atoms with Crippen LogP contribution in [0, 0.1) is 5.82 Å². The van der Waals surface area contributed by atoms with E-state index in [0.29, 0.717) is 34.8 Å². The Hall–Kier alpha value is -2.82. The van der Waals surface area contributed by atoms with E-state index in [1.807, 2.05) is 0 Å². The van der Waals surface area contributed by atoms with Crippen LogP contribution < -0.4 is 15.0 Å². The molecule has 0 amide bonds. The lowest BCUT2D eigenvalue weighted by atomic mass is 9.93. The number of nitrogens with one attached hydrogen (secondary N) is 1. The number of phenols is 1. The number of piperidine rings is 2. The van der Waals surface area contributed by atoms with Gasteiger partial charge >= 0.3 is 6.01 Å². The summed E-state index contributed by atoms with van der Waals surface area (Å²) in [7, 11) is 0. The molecule has 1 aliphatic carbocycles. The number of nitrogens with zero attached hydrogens (tertiary/aromatic N) is 5. The Morgan fingerprint density at radius 3 is 2.88 bits per heavy atom. The molecule has 2 N–H and O–H groups in total. The average molecular weight is 586 g/mol. The molecule has 1 aromatic carbocycles. The third kappa shape index (κ3) is 4.32. The number of aromatic hydroxyl groups is 1. The van der Waals surface area contributed by atoms with Crippen LogP contribution in [0.15, 0.2) is 18.3 Å². The van der Waals surface area contributed by atoms with Gasteiger partial charge in [0.2, 0.25) is 0 Å². The minimum atomic E-state index is -2.30. The number of phenolic OH excluding ortho intramolecular Hbond substituents is 1. The summed E-state index contributed by atoms with van der Waals surface area (Å²) in [6, 6.07) is 3.25. The Morgan fingerprint density at radius 1 is 1.24 bits per heavy atom. The molecular formula is C30H33ClF2N6O2. The van der Waals surface area contributed by atoms with Crippen molar-refractivity contribution in [1.29, 1.82) is 0 Å². The molecule has 11 heteroatoms. The van der Waals surface area contributed by atoms with Gasteiger partial charge in [-0.1, -0.05) is 11.6 Å². The molecule has 9 rings (SSSR count). The number of piperazine rings is 1. The number of pyridine rings is 1. The first-order valence-electron chi connectivity index (χ1n) is 15.9. The van der Waals surface area contributed by atoms with Gasteiger partial charge < -0.3 is 20.1 Å². The SMILES string of the molecule is [2H]C1([2H])CC[C@@]2(COc3nc(N4CC5CCC4CN5)c4cnc(-c5cc(O)cc(Cl)c5C5CC5)c(F)c4n3)C[C@@]([2H])(F)CN12. The number of rotatable bonds is 6. The molecule has 0 spiro atoms. The number of hydrogen-bond acceptors (Lipinski definition) is 8. The van der Waals surface area contributed by atoms with Gasteiger partial charge in [0.25, 0.3) is 0 Å². The fourth-order valence-electron chi connectivity index (χ4n) is 7.17. The van der Waals surface area contributed by atoms with Crippen molar-refractivity contribution in [2.24, 2.45) is 0 Å². The number of hydrogen-bond donors (Lipinski definition) is 2. The van der Waals surface area contributed by atoms with Crippen LogP contribution in [0.1, 0.15) is 60.5 Å². The van der Waals surface area contributed by atoms with Gasteiger partial charge in [0, 0.05) is 57.7 Å². The second kappa shape index (κ2) is 9.61. The molecule has 5 saturated heterocycles. The first-order chi connectivity index (χ1) is 20.9. The van der Waals surface area contributed by atoms with Crippen molar-refractivity contribution in [3.8, 4) is 23.0 Å². The Bertz CT molecular complexity index is 1670. The number of fused-ring (bicyclic) bond motifs is 5. The zero-order chi connectivity index (χ0) is 30.6. The summed E-state index contributed by atoms with van der Waals surface area (Å²) in [6.07, 6.45) is 3.39. The van der Waals surface area contributed by atoms with Crippen molar-refractivity contribution < 1.29 is 22.7 Å². The van der Waals surface area contributed by atoms with E-state index in [-0.39, 0.29) is 67.0 Å². The zero-order valence-electron chi connectivity index (χ0n) is 25.5. The maximum atomic E-state index is 16.7. The third-order valence-electron chi connectivity index (χ3n) is 9.41. The van der Waals surface area contributed by atoms with Crippen molar-refractivity contribution in [3.05, 3.63) is 34.7 Å². The average Bonchev–Trinajstić information content (AvgIpc) is 3.74. The molecule has 0 radical (unpaired) electrons. The van der Waals surface area contributed by atoms with Crippen molar-refractivity contribution in [3.63, 3.8) is 0 Å². The summed E-state index contributed by atoms with van der Waals surface area (Å²) in [6.45, 7) is -0.807. The van der Waals surface area contributed by atoms with Crippen LogP contribution in [0.2, 0.25) is 5.02 Å². The van der Waals surface area contributed by atoms with Crippen molar-refractivity contribution in [2.75, 3.05) is 37.6 Å². The van der Waals surface area contributed by atoms with Crippen molar-refractivity contribution >= 4 is 28.3 Å². The van der Waals surface area contributed by atoms with Crippen LogP contribution in [0.25, 0.3) is 22.2 Å². The van der Waals surface area contributed by atoms with Gasteiger partial charge in [-0.3, -0.25) is 9.88 Å². The Labute approximate surface area is 246 Å². The van der Waals surface area contributed by atoms with Crippen LogP contribution in [-0.4, -0.2) is 81.5 Å². The molecule has 216 valence electrons. The summed E-state index contributed by atoms with van der Waals surface area (Å²) >= 11 is 6.53. The fourth-order valence-corrected chi connectivity index (χ4v) is 7.53. The molecule has 2 aromatic heterocycles. The van der Waals surface area contributed by atoms with Gasteiger partial charge in [-0.15, -0.1) is 0 Å². The Balaban J connectivity index is 1.23. The van der Waals surface area contributed by atoms with E-state index in [1.165, 1.54) is 17.0 Å². The molecule has 2 bridgehead atoms. The minimum Gasteiger partial charge on any atom is -0.508 e. The van der Waals surface area contributed by atoms with Crippen LogP contribution in [0.5, 0.6) is 11.8 Å². The highest BCUT2D eigenvalue weighted by atomic mass is 35.5. The smallest absolute Gasteiger partial charge is 0.319 e. The van der Waals surface area contributed by atoms with Crippen LogP contribution >= 0.6 is 11.6 Å². The van der Waals surface area contributed by atoms with Crippen molar-refractivity contribution in [1.82, 2.24) is 25.2 Å². The Morgan fingerprint density at radius 2 is 2.12 bits per heavy atom. The number of alkyl halides is 1. The fraction of sp³-hybridized carbons (Fsp3) is 0.567. The van der Waals surface area contributed by atoms with Crippen LogP contribution in [0.3, 0.4) is 0 Å². The van der Waals surface area contributed by atoms with Gasteiger partial charge in [-0.2, -0.15) is 9.97 Å². The summed E-state index contributed by atoms with van der Waals surface area (Å²) in [5, 5.41) is 14.7. The highest BCUT2D eigenvalue weighted by Crippen LogP contribution is 2.49. The number of anilines is 1. The normalized spacial score (nSPS) is 33.5. The van der Waals surface area contributed by atoms with Gasteiger partial charge in [-0.05, 0) is 68.6 Å². The first-order valence-corrected chi connectivity index (χ1v) is 14.8. The number of halogens is 3. The molecule has 4 atom stereocenters. The van der Waals surface area contributed by atoms with E-state index < -0.39 is 24.0 Å². The lowest BCUT2D eigenvalue weighted by molar-refractivity contribution is 0.107. The van der Waals surface area contributed by atoms with E-state index in [4.69, 9.17) is 25.4 Å². The molecule has 2 unspecified atom stereocenters. The highest BCUT2D eigenvalue weighted by molar-refractivity contribution is 6.32. The minimum absolute atomic E-state index is 0.00785. The molecule has 5 aliphatic heterocycles. The molecule has 7 heterocycles. The second-order valence-corrected chi connectivity index (χ2v) is 12.5. The first kappa shape index (κ1) is 22.7. The van der Waals surface area contributed by atoms with E-state index in [0.717, 1.165) is 37.8 Å². The molecule has 6 aliphatic rings. The summed E-state index contributed by atoms with van der Waals surface area (Å²) in [5.41, 5.74) is 0.168. The topological polar surface area (TPSA) is 86.6 Å². The lowest BCUT2D eigenvalue weighted by Gasteiger charge is -2.46. The number of benzene rings is 1. The van der Waals surface area contributed by atoms with E-state index >= 15 is 4.39 Å². The molecule has 6 fully saturated rings. The molecular weight excluding hydrogens is 550 g/mol. The monoisotopic (exact) mass is 585 g/mol.